The molecule has 0 amide bonds. The fourth-order valence-corrected chi connectivity index (χ4v) is 3.06. The third-order valence-electron chi connectivity index (χ3n) is 4.21. The fourth-order valence-electron chi connectivity index (χ4n) is 3.06. The summed E-state index contributed by atoms with van der Waals surface area (Å²) in [5, 5.41) is 22.3. The minimum atomic E-state index is -4.45. The summed E-state index contributed by atoms with van der Waals surface area (Å²) in [7, 11) is 0. The van der Waals surface area contributed by atoms with Crippen molar-refractivity contribution in [1.29, 1.82) is 0 Å². The number of carbonyl (C=O) groups excluding carboxylic acids is 1. The largest absolute Gasteiger partial charge is 0.543 e. The summed E-state index contributed by atoms with van der Waals surface area (Å²) in [4.78, 5) is 11.4. The zero-order valence-corrected chi connectivity index (χ0v) is 12.6. The molecule has 2 aromatic heterocycles. The standard InChI is InChI=1S/C16H11F3N4O2/c17-16(18,19)8-1-3-9(4-2-8)23-14-10(13(22-23)15(24)25)5-6-12-11(14)7-20-21-12/h1-4,7H,5-6H2,(H,20,21)(H,24,25)/p-1. The molecule has 4 rings (SSSR count). The van der Waals surface area contributed by atoms with Crippen LogP contribution in [-0.4, -0.2) is 25.9 Å². The number of benzene rings is 1. The molecule has 0 atom stereocenters. The number of carboxylic acid groups (broad SMARTS) is 1. The van der Waals surface area contributed by atoms with E-state index >= 15 is 0 Å². The molecule has 0 bridgehead atoms. The van der Waals surface area contributed by atoms with Gasteiger partial charge in [-0.15, -0.1) is 0 Å². The molecule has 1 N–H and O–H groups in total. The van der Waals surface area contributed by atoms with Gasteiger partial charge in [0.2, 0.25) is 0 Å². The van der Waals surface area contributed by atoms with Crippen molar-refractivity contribution in [1.82, 2.24) is 20.0 Å². The Labute approximate surface area is 138 Å². The number of carbonyl (C=O) groups is 1. The van der Waals surface area contributed by atoms with Crippen LogP contribution in [0.2, 0.25) is 0 Å². The molecule has 0 saturated carbocycles. The van der Waals surface area contributed by atoms with E-state index in [1.165, 1.54) is 16.8 Å². The van der Waals surface area contributed by atoms with Gasteiger partial charge in [-0.05, 0) is 37.1 Å². The van der Waals surface area contributed by atoms with Crippen LogP contribution in [0.15, 0.2) is 30.5 Å². The van der Waals surface area contributed by atoms with Crippen LogP contribution in [0.1, 0.15) is 27.3 Å². The number of hydrogen-bond acceptors (Lipinski definition) is 4. The molecule has 6 nitrogen and oxygen atoms in total. The Morgan fingerprint density at radius 3 is 2.56 bits per heavy atom. The molecule has 1 aliphatic carbocycles. The smallest absolute Gasteiger partial charge is 0.416 e. The molecule has 3 aromatic rings. The van der Waals surface area contributed by atoms with E-state index in [2.05, 4.69) is 15.3 Å². The molecule has 9 heteroatoms. The number of fused-ring (bicyclic) bond motifs is 3. The average molecular weight is 347 g/mol. The maximum absolute atomic E-state index is 12.7. The van der Waals surface area contributed by atoms with Gasteiger partial charge in [-0.2, -0.15) is 23.4 Å². The number of aromatic amines is 1. The van der Waals surface area contributed by atoms with E-state index in [4.69, 9.17) is 0 Å². The molecule has 1 aromatic carbocycles. The third kappa shape index (κ3) is 2.39. The molecule has 128 valence electrons. The van der Waals surface area contributed by atoms with Crippen LogP contribution in [0.5, 0.6) is 0 Å². The van der Waals surface area contributed by atoms with E-state index < -0.39 is 17.7 Å². The molecule has 0 spiro atoms. The number of aromatic carboxylic acids is 1. The van der Waals surface area contributed by atoms with Crippen molar-refractivity contribution < 1.29 is 23.1 Å². The molecular formula is C16H10F3N4O2-. The second kappa shape index (κ2) is 5.20. The highest BCUT2D eigenvalue weighted by Gasteiger charge is 2.31. The first-order chi connectivity index (χ1) is 11.9. The van der Waals surface area contributed by atoms with Crippen molar-refractivity contribution in [3.63, 3.8) is 0 Å². The lowest BCUT2D eigenvalue weighted by Crippen LogP contribution is -2.24. The first-order valence-corrected chi connectivity index (χ1v) is 7.39. The zero-order chi connectivity index (χ0) is 17.8. The topological polar surface area (TPSA) is 86.6 Å². The quantitative estimate of drug-likeness (QED) is 0.765. The maximum Gasteiger partial charge on any atom is 0.416 e. The molecule has 0 saturated heterocycles. The lowest BCUT2D eigenvalue weighted by atomic mass is 9.94. The SMILES string of the molecule is O=C([O-])c1nn(-c2ccc(C(F)(F)F)cc2)c2c1CCc1[nH]ncc1-2. The van der Waals surface area contributed by atoms with Crippen LogP contribution in [0.3, 0.4) is 0 Å². The number of aromatic nitrogens is 4. The number of nitrogens with zero attached hydrogens (tertiary/aromatic N) is 3. The Kier molecular flexibility index (Phi) is 3.21. The highest BCUT2D eigenvalue weighted by Crippen LogP contribution is 2.36. The molecule has 0 radical (unpaired) electrons. The van der Waals surface area contributed by atoms with Crippen LogP contribution >= 0.6 is 0 Å². The number of carboxylic acids is 1. The second-order valence-corrected chi connectivity index (χ2v) is 5.68. The first-order valence-electron chi connectivity index (χ1n) is 7.39. The molecule has 0 fully saturated rings. The molecule has 2 heterocycles. The van der Waals surface area contributed by atoms with Crippen LogP contribution in [0, 0.1) is 0 Å². The molecule has 25 heavy (non-hydrogen) atoms. The summed E-state index contributed by atoms with van der Waals surface area (Å²) in [5.74, 6) is -1.42. The van der Waals surface area contributed by atoms with Crippen molar-refractivity contribution >= 4 is 5.97 Å². The summed E-state index contributed by atoms with van der Waals surface area (Å²) in [5.41, 5.74) is 1.84. The van der Waals surface area contributed by atoms with E-state index in [0.717, 1.165) is 17.8 Å². The Bertz CT molecular complexity index is 970. The van der Waals surface area contributed by atoms with E-state index in [1.807, 2.05) is 0 Å². The van der Waals surface area contributed by atoms with Gasteiger partial charge in [-0.25, -0.2) is 4.68 Å². The lowest BCUT2D eigenvalue weighted by Gasteiger charge is -2.15. The summed E-state index contributed by atoms with van der Waals surface area (Å²) < 4.78 is 39.5. The van der Waals surface area contributed by atoms with Crippen LogP contribution in [0.25, 0.3) is 16.9 Å². The highest BCUT2D eigenvalue weighted by atomic mass is 19.4. The molecule has 1 aliphatic rings. The van der Waals surface area contributed by atoms with Crippen molar-refractivity contribution in [2.45, 2.75) is 19.0 Å². The monoisotopic (exact) mass is 347 g/mol. The molecule has 0 unspecified atom stereocenters. The Balaban J connectivity index is 1.90. The number of hydrogen-bond donors (Lipinski definition) is 1. The lowest BCUT2D eigenvalue weighted by molar-refractivity contribution is -0.255. The van der Waals surface area contributed by atoms with Gasteiger partial charge in [0.15, 0.2) is 0 Å². The Hall–Kier alpha value is -3.10. The van der Waals surface area contributed by atoms with Gasteiger partial charge in [0.05, 0.1) is 29.1 Å². The minimum Gasteiger partial charge on any atom is -0.543 e. The van der Waals surface area contributed by atoms with Gasteiger partial charge in [-0.3, -0.25) is 5.10 Å². The summed E-state index contributed by atoms with van der Waals surface area (Å²) >= 11 is 0. The predicted octanol–water partition coefficient (Wildman–Crippen LogP) is 1.74. The second-order valence-electron chi connectivity index (χ2n) is 5.68. The number of rotatable bonds is 2. The van der Waals surface area contributed by atoms with Gasteiger partial charge in [0.1, 0.15) is 5.69 Å². The minimum absolute atomic E-state index is 0.207. The summed E-state index contributed by atoms with van der Waals surface area (Å²) in [6.45, 7) is 0. The van der Waals surface area contributed by atoms with Crippen molar-refractivity contribution in [3.05, 3.63) is 53.0 Å². The van der Waals surface area contributed by atoms with Crippen molar-refractivity contribution in [2.24, 2.45) is 0 Å². The van der Waals surface area contributed by atoms with Gasteiger partial charge < -0.3 is 9.90 Å². The van der Waals surface area contributed by atoms with Crippen LogP contribution in [0.4, 0.5) is 13.2 Å². The third-order valence-corrected chi connectivity index (χ3v) is 4.21. The Morgan fingerprint density at radius 1 is 1.20 bits per heavy atom. The van der Waals surface area contributed by atoms with Gasteiger partial charge >= 0.3 is 6.18 Å². The number of H-pyrrole nitrogens is 1. The normalized spacial score (nSPS) is 13.4. The van der Waals surface area contributed by atoms with E-state index in [-0.39, 0.29) is 5.69 Å². The number of halogens is 3. The van der Waals surface area contributed by atoms with Gasteiger partial charge in [0.25, 0.3) is 0 Å². The van der Waals surface area contributed by atoms with Crippen molar-refractivity contribution in [2.75, 3.05) is 0 Å². The van der Waals surface area contributed by atoms with E-state index in [1.54, 1.807) is 6.20 Å². The number of aryl methyl sites for hydroxylation is 1. The summed E-state index contributed by atoms with van der Waals surface area (Å²) in [6, 6.07) is 4.37. The molecule has 0 aliphatic heterocycles. The Morgan fingerprint density at radius 2 is 1.92 bits per heavy atom. The molecular weight excluding hydrogens is 337 g/mol. The van der Waals surface area contributed by atoms with Crippen LogP contribution in [-0.2, 0) is 19.0 Å². The number of alkyl halides is 3. The van der Waals surface area contributed by atoms with E-state index in [0.29, 0.717) is 35.3 Å². The zero-order valence-electron chi connectivity index (χ0n) is 12.6. The highest BCUT2D eigenvalue weighted by molar-refractivity contribution is 5.89. The average Bonchev–Trinajstić information content (AvgIpc) is 3.18. The number of nitrogens with one attached hydrogen (secondary N) is 1. The first kappa shape index (κ1) is 15.4. The van der Waals surface area contributed by atoms with E-state index in [9.17, 15) is 23.1 Å². The predicted molar refractivity (Wildman–Crippen MR) is 77.9 cm³/mol. The van der Waals surface area contributed by atoms with Crippen molar-refractivity contribution in [3.8, 4) is 16.9 Å². The van der Waals surface area contributed by atoms with Crippen LogP contribution < -0.4 is 5.11 Å². The van der Waals surface area contributed by atoms with Gasteiger partial charge in [0, 0.05) is 16.8 Å². The summed E-state index contributed by atoms with van der Waals surface area (Å²) in [6.07, 6.45) is -1.90. The fraction of sp³-hybridized carbons (Fsp3) is 0.188. The van der Waals surface area contributed by atoms with Gasteiger partial charge in [-0.1, -0.05) is 0 Å². The maximum atomic E-state index is 12.7.